The Morgan fingerprint density at radius 1 is 1.54 bits per heavy atom. The lowest BCUT2D eigenvalue weighted by Gasteiger charge is -2.27. The molecule has 0 amide bonds. The third kappa shape index (κ3) is 4.60. The highest BCUT2D eigenvalue weighted by atomic mass is 16.3. The topological polar surface area (TPSA) is 35.5 Å². The largest absolute Gasteiger partial charge is 0.396 e. The van der Waals surface area contributed by atoms with Gasteiger partial charge in [-0.05, 0) is 45.3 Å². The second-order valence-electron chi connectivity index (χ2n) is 4.05. The van der Waals surface area contributed by atoms with Gasteiger partial charge in [-0.2, -0.15) is 0 Å². The molecule has 1 aliphatic heterocycles. The summed E-state index contributed by atoms with van der Waals surface area (Å²) in [5.41, 5.74) is 0. The Morgan fingerprint density at radius 3 is 3.00 bits per heavy atom. The number of aliphatic hydroxyl groups excluding tert-OH is 1. The molecule has 1 fully saturated rings. The molecule has 1 saturated heterocycles. The smallest absolute Gasteiger partial charge is 0.0443 e. The second kappa shape index (κ2) is 6.35. The number of piperidine rings is 1. The number of hydrogen-bond donors (Lipinski definition) is 2. The second-order valence-corrected chi connectivity index (χ2v) is 4.05. The normalized spacial score (nSPS) is 23.8. The fourth-order valence-electron chi connectivity index (χ4n) is 1.95. The minimum absolute atomic E-state index is 0.313. The van der Waals surface area contributed by atoms with Crippen LogP contribution < -0.4 is 5.32 Å². The zero-order valence-electron chi connectivity index (χ0n) is 8.63. The molecule has 0 aromatic rings. The molecule has 78 valence electrons. The first-order valence-corrected chi connectivity index (χ1v) is 5.33. The Bertz CT molecular complexity index is 124. The van der Waals surface area contributed by atoms with E-state index in [1.54, 1.807) is 0 Å². The van der Waals surface area contributed by atoms with Crippen LogP contribution >= 0.6 is 0 Å². The van der Waals surface area contributed by atoms with Crippen LogP contribution in [0.15, 0.2) is 0 Å². The highest BCUT2D eigenvalue weighted by Crippen LogP contribution is 2.10. The van der Waals surface area contributed by atoms with Crippen molar-refractivity contribution in [1.29, 1.82) is 0 Å². The average molecular weight is 186 g/mol. The molecular weight excluding hydrogens is 164 g/mol. The fourth-order valence-corrected chi connectivity index (χ4v) is 1.95. The highest BCUT2D eigenvalue weighted by molar-refractivity contribution is 4.71. The van der Waals surface area contributed by atoms with Crippen LogP contribution in [0.25, 0.3) is 0 Å². The van der Waals surface area contributed by atoms with Crippen molar-refractivity contribution in [2.75, 3.05) is 39.8 Å². The SMILES string of the molecule is CN(CCCO)CC1CCCNC1. The van der Waals surface area contributed by atoms with Gasteiger partial charge in [-0.3, -0.25) is 0 Å². The molecule has 0 aromatic heterocycles. The van der Waals surface area contributed by atoms with Gasteiger partial charge in [0.15, 0.2) is 0 Å². The van der Waals surface area contributed by atoms with Crippen molar-refractivity contribution in [1.82, 2.24) is 10.2 Å². The van der Waals surface area contributed by atoms with Gasteiger partial charge in [-0.25, -0.2) is 0 Å². The van der Waals surface area contributed by atoms with E-state index in [1.807, 2.05) is 0 Å². The van der Waals surface area contributed by atoms with Crippen molar-refractivity contribution in [3.05, 3.63) is 0 Å². The van der Waals surface area contributed by atoms with Crippen molar-refractivity contribution in [3.63, 3.8) is 0 Å². The van der Waals surface area contributed by atoms with Crippen molar-refractivity contribution in [2.45, 2.75) is 19.3 Å². The van der Waals surface area contributed by atoms with E-state index >= 15 is 0 Å². The van der Waals surface area contributed by atoms with Crippen LogP contribution in [0.1, 0.15) is 19.3 Å². The number of aliphatic hydroxyl groups is 1. The van der Waals surface area contributed by atoms with Crippen LogP contribution in [0, 0.1) is 5.92 Å². The summed E-state index contributed by atoms with van der Waals surface area (Å²) in [6.45, 7) is 4.87. The molecule has 1 aliphatic rings. The van der Waals surface area contributed by atoms with Crippen LogP contribution in [0.2, 0.25) is 0 Å². The summed E-state index contributed by atoms with van der Waals surface area (Å²) in [7, 11) is 2.14. The van der Waals surface area contributed by atoms with Gasteiger partial charge in [0.1, 0.15) is 0 Å². The van der Waals surface area contributed by atoms with E-state index in [9.17, 15) is 0 Å². The Hall–Kier alpha value is -0.120. The van der Waals surface area contributed by atoms with Crippen molar-refractivity contribution in [2.24, 2.45) is 5.92 Å². The summed E-state index contributed by atoms with van der Waals surface area (Å²) in [6.07, 6.45) is 3.58. The molecule has 0 spiro atoms. The fraction of sp³-hybridized carbons (Fsp3) is 1.00. The van der Waals surface area contributed by atoms with E-state index in [0.29, 0.717) is 6.61 Å². The molecule has 3 heteroatoms. The average Bonchev–Trinajstić information content (AvgIpc) is 2.16. The van der Waals surface area contributed by atoms with Crippen LogP contribution in [0.4, 0.5) is 0 Å². The van der Waals surface area contributed by atoms with Gasteiger partial charge in [0.05, 0.1) is 0 Å². The summed E-state index contributed by atoms with van der Waals surface area (Å²) >= 11 is 0. The first-order valence-electron chi connectivity index (χ1n) is 5.33. The predicted octanol–water partition coefficient (Wildman–Crippen LogP) is 0.300. The number of rotatable bonds is 5. The Labute approximate surface area is 81.1 Å². The summed E-state index contributed by atoms with van der Waals surface area (Å²) in [5, 5.41) is 12.1. The van der Waals surface area contributed by atoms with Gasteiger partial charge in [0.25, 0.3) is 0 Å². The molecule has 1 heterocycles. The lowest BCUT2D eigenvalue weighted by atomic mass is 9.99. The molecule has 0 aliphatic carbocycles. The Kier molecular flexibility index (Phi) is 5.35. The minimum Gasteiger partial charge on any atom is -0.396 e. The van der Waals surface area contributed by atoms with E-state index in [-0.39, 0.29) is 0 Å². The van der Waals surface area contributed by atoms with Gasteiger partial charge in [-0.1, -0.05) is 0 Å². The first kappa shape index (κ1) is 11.0. The van der Waals surface area contributed by atoms with E-state index in [2.05, 4.69) is 17.3 Å². The number of nitrogens with one attached hydrogen (secondary N) is 1. The monoisotopic (exact) mass is 186 g/mol. The predicted molar refractivity (Wildman–Crippen MR) is 54.8 cm³/mol. The standard InChI is InChI=1S/C10H22N2O/c1-12(6-3-7-13)9-10-4-2-5-11-8-10/h10-11,13H,2-9H2,1H3. The maximum absolute atomic E-state index is 8.68. The molecule has 0 saturated carbocycles. The van der Waals surface area contributed by atoms with E-state index in [1.165, 1.54) is 32.5 Å². The van der Waals surface area contributed by atoms with Crippen molar-refractivity contribution in [3.8, 4) is 0 Å². The van der Waals surface area contributed by atoms with Gasteiger partial charge in [0.2, 0.25) is 0 Å². The van der Waals surface area contributed by atoms with Gasteiger partial charge in [-0.15, -0.1) is 0 Å². The maximum Gasteiger partial charge on any atom is 0.0443 e. The Morgan fingerprint density at radius 2 is 2.38 bits per heavy atom. The van der Waals surface area contributed by atoms with Gasteiger partial charge >= 0.3 is 0 Å². The van der Waals surface area contributed by atoms with Gasteiger partial charge < -0.3 is 15.3 Å². The van der Waals surface area contributed by atoms with Crippen LogP contribution in [0.5, 0.6) is 0 Å². The molecule has 0 bridgehead atoms. The maximum atomic E-state index is 8.68. The van der Waals surface area contributed by atoms with Crippen molar-refractivity contribution < 1.29 is 5.11 Å². The van der Waals surface area contributed by atoms with Gasteiger partial charge in [0, 0.05) is 19.7 Å². The molecule has 0 aromatic carbocycles. The summed E-state index contributed by atoms with van der Waals surface area (Å²) in [5.74, 6) is 0.817. The molecule has 2 N–H and O–H groups in total. The zero-order valence-corrected chi connectivity index (χ0v) is 8.63. The third-order valence-electron chi connectivity index (χ3n) is 2.67. The van der Waals surface area contributed by atoms with Crippen LogP contribution in [0.3, 0.4) is 0 Å². The number of hydrogen-bond acceptors (Lipinski definition) is 3. The first-order chi connectivity index (χ1) is 6.33. The Balaban J connectivity index is 2.07. The summed E-state index contributed by atoms with van der Waals surface area (Å²) in [4.78, 5) is 2.33. The quantitative estimate of drug-likeness (QED) is 0.648. The highest BCUT2D eigenvalue weighted by Gasteiger charge is 2.14. The molecule has 13 heavy (non-hydrogen) atoms. The number of nitrogens with zero attached hydrogens (tertiary/aromatic N) is 1. The van der Waals surface area contributed by atoms with E-state index in [4.69, 9.17) is 5.11 Å². The molecule has 1 rings (SSSR count). The van der Waals surface area contributed by atoms with Crippen LogP contribution in [-0.2, 0) is 0 Å². The zero-order chi connectivity index (χ0) is 9.52. The molecule has 3 nitrogen and oxygen atoms in total. The molecule has 0 radical (unpaired) electrons. The molecule has 1 atom stereocenters. The van der Waals surface area contributed by atoms with Crippen LogP contribution in [-0.4, -0.2) is 49.8 Å². The lowest BCUT2D eigenvalue weighted by Crippen LogP contribution is -2.37. The lowest BCUT2D eigenvalue weighted by molar-refractivity contribution is 0.214. The molecule has 1 unspecified atom stereocenters. The summed E-state index contributed by atoms with van der Waals surface area (Å²) in [6, 6.07) is 0. The van der Waals surface area contributed by atoms with E-state index < -0.39 is 0 Å². The van der Waals surface area contributed by atoms with E-state index in [0.717, 1.165) is 18.9 Å². The minimum atomic E-state index is 0.313. The molecular formula is C10H22N2O. The third-order valence-corrected chi connectivity index (χ3v) is 2.67. The summed E-state index contributed by atoms with van der Waals surface area (Å²) < 4.78 is 0. The van der Waals surface area contributed by atoms with Crippen molar-refractivity contribution >= 4 is 0 Å².